The molecule has 0 bridgehead atoms. The van der Waals surface area contributed by atoms with Gasteiger partial charge in [0.15, 0.2) is 0 Å². The van der Waals surface area contributed by atoms with Crippen LogP contribution in [0.25, 0.3) is 0 Å². The molecule has 1 N–H and O–H groups in total. The Morgan fingerprint density at radius 2 is 1.35 bits per heavy atom. The van der Waals surface area contributed by atoms with Crippen molar-refractivity contribution in [2.24, 2.45) is 0 Å². The Hall–Kier alpha value is -2.41. The highest BCUT2D eigenvalue weighted by Gasteiger charge is 2.34. The van der Waals surface area contributed by atoms with Crippen molar-refractivity contribution in [2.45, 2.75) is 123 Å². The molecule has 0 heterocycles. The lowest BCUT2D eigenvalue weighted by Gasteiger charge is -2.42. The number of amides is 3. The summed E-state index contributed by atoms with van der Waals surface area (Å²) in [6, 6.07) is 7.77. The Kier molecular flexibility index (Phi) is 14.0. The van der Waals surface area contributed by atoms with Crippen LogP contribution >= 0.6 is 0 Å². The minimum absolute atomic E-state index is 0.00416. The van der Waals surface area contributed by atoms with Gasteiger partial charge in [-0.15, -0.1) is 0 Å². The SMILES string of the molecule is CCCCCC(=O)Nc1ccc(C(=O)N(CCN(CC)CC)CC(=O)N(C2CCCCC2)C2CCCCC2)cc1. The molecule has 0 unspecified atom stereocenters. The zero-order valence-electron chi connectivity index (χ0n) is 25.5. The lowest BCUT2D eigenvalue weighted by atomic mass is 9.88. The van der Waals surface area contributed by atoms with E-state index in [2.05, 4.69) is 35.9 Å². The standard InChI is InChI=1S/C33H54N4O3/c1-4-7-10-19-31(38)34-28-22-20-27(21-23-28)33(40)36(25-24-35(5-2)6-3)26-32(39)37(29-15-11-8-12-16-29)30-17-13-9-14-18-30/h20-23,29-30H,4-19,24-26H2,1-3H3,(H,34,38). The smallest absolute Gasteiger partial charge is 0.254 e. The fourth-order valence-corrected chi connectivity index (χ4v) is 6.36. The Labute approximate surface area is 243 Å². The van der Waals surface area contributed by atoms with Crippen LogP contribution in [0.4, 0.5) is 5.69 Å². The summed E-state index contributed by atoms with van der Waals surface area (Å²) >= 11 is 0. The van der Waals surface area contributed by atoms with Crippen molar-refractivity contribution in [2.75, 3.05) is 38.0 Å². The van der Waals surface area contributed by atoms with Gasteiger partial charge in [-0.3, -0.25) is 14.4 Å². The van der Waals surface area contributed by atoms with Crippen LogP contribution in [0.3, 0.4) is 0 Å². The van der Waals surface area contributed by atoms with Crippen LogP contribution in [-0.2, 0) is 9.59 Å². The molecule has 224 valence electrons. The first kappa shape index (κ1) is 32.1. The van der Waals surface area contributed by atoms with Gasteiger partial charge < -0.3 is 20.0 Å². The van der Waals surface area contributed by atoms with Crippen molar-refractivity contribution in [3.8, 4) is 0 Å². The molecule has 0 aliphatic heterocycles. The molecule has 0 aromatic heterocycles. The van der Waals surface area contributed by atoms with Crippen molar-refractivity contribution in [3.63, 3.8) is 0 Å². The predicted molar refractivity (Wildman–Crippen MR) is 163 cm³/mol. The summed E-state index contributed by atoms with van der Waals surface area (Å²) in [6.45, 7) is 9.59. The van der Waals surface area contributed by atoms with Crippen LogP contribution in [0.5, 0.6) is 0 Å². The van der Waals surface area contributed by atoms with E-state index >= 15 is 0 Å². The molecule has 40 heavy (non-hydrogen) atoms. The molecule has 0 atom stereocenters. The third-order valence-corrected chi connectivity index (χ3v) is 8.84. The Morgan fingerprint density at radius 1 is 0.775 bits per heavy atom. The number of anilines is 1. The van der Waals surface area contributed by atoms with E-state index in [1.54, 1.807) is 29.2 Å². The van der Waals surface area contributed by atoms with Gasteiger partial charge >= 0.3 is 0 Å². The number of hydrogen-bond acceptors (Lipinski definition) is 4. The Balaban J connectivity index is 1.73. The van der Waals surface area contributed by atoms with Crippen molar-refractivity contribution >= 4 is 23.4 Å². The summed E-state index contributed by atoms with van der Waals surface area (Å²) in [6.07, 6.45) is 15.1. The van der Waals surface area contributed by atoms with Gasteiger partial charge in [0.1, 0.15) is 6.54 Å². The lowest BCUT2D eigenvalue weighted by molar-refractivity contribution is -0.138. The lowest BCUT2D eigenvalue weighted by Crippen LogP contribution is -2.53. The zero-order valence-corrected chi connectivity index (χ0v) is 25.5. The quantitative estimate of drug-likeness (QED) is 0.252. The number of benzene rings is 1. The first-order chi connectivity index (χ1) is 19.5. The molecule has 0 saturated heterocycles. The second-order valence-electron chi connectivity index (χ2n) is 11.7. The third kappa shape index (κ3) is 9.90. The molecule has 0 radical (unpaired) electrons. The Bertz CT molecular complexity index is 885. The average molecular weight is 555 g/mol. The van der Waals surface area contributed by atoms with Crippen molar-refractivity contribution in [3.05, 3.63) is 29.8 Å². The van der Waals surface area contributed by atoms with Gasteiger partial charge in [0, 0.05) is 42.8 Å². The summed E-state index contributed by atoms with van der Waals surface area (Å²) in [5.74, 6) is 0.000663. The summed E-state index contributed by atoms with van der Waals surface area (Å²) in [5.41, 5.74) is 1.25. The predicted octanol–water partition coefficient (Wildman–Crippen LogP) is 6.48. The maximum Gasteiger partial charge on any atom is 0.254 e. The van der Waals surface area contributed by atoms with Crippen molar-refractivity contribution < 1.29 is 14.4 Å². The minimum atomic E-state index is -0.117. The van der Waals surface area contributed by atoms with E-state index in [0.29, 0.717) is 36.3 Å². The highest BCUT2D eigenvalue weighted by atomic mass is 16.2. The van der Waals surface area contributed by atoms with Crippen molar-refractivity contribution in [1.29, 1.82) is 0 Å². The van der Waals surface area contributed by atoms with E-state index in [-0.39, 0.29) is 24.3 Å². The number of nitrogens with one attached hydrogen (secondary N) is 1. The molecule has 0 spiro atoms. The largest absolute Gasteiger partial charge is 0.335 e. The molecule has 1 aromatic carbocycles. The fraction of sp³-hybridized carbons (Fsp3) is 0.727. The number of nitrogens with zero attached hydrogens (tertiary/aromatic N) is 3. The van der Waals surface area contributed by atoms with Crippen LogP contribution in [0.2, 0.25) is 0 Å². The maximum atomic E-state index is 14.0. The number of unbranched alkanes of at least 4 members (excludes halogenated alkanes) is 2. The van der Waals surface area contributed by atoms with Crippen LogP contribution in [0.1, 0.15) is 121 Å². The number of likely N-dealkylation sites (N-methyl/N-ethyl adjacent to an activating group) is 1. The van der Waals surface area contributed by atoms with Crippen LogP contribution in [-0.4, -0.2) is 77.2 Å². The van der Waals surface area contributed by atoms with E-state index in [4.69, 9.17) is 0 Å². The second-order valence-corrected chi connectivity index (χ2v) is 11.7. The molecule has 7 nitrogen and oxygen atoms in total. The summed E-state index contributed by atoms with van der Waals surface area (Å²) in [5, 5.41) is 2.94. The first-order valence-corrected chi connectivity index (χ1v) is 16.2. The van der Waals surface area contributed by atoms with E-state index in [1.807, 2.05) is 0 Å². The summed E-state index contributed by atoms with van der Waals surface area (Å²) in [4.78, 5) is 46.3. The minimum Gasteiger partial charge on any atom is -0.335 e. The van der Waals surface area contributed by atoms with Gasteiger partial charge in [-0.25, -0.2) is 0 Å². The van der Waals surface area contributed by atoms with E-state index < -0.39 is 0 Å². The van der Waals surface area contributed by atoms with Gasteiger partial charge in [0.05, 0.1) is 0 Å². The molecular formula is C33H54N4O3. The fourth-order valence-electron chi connectivity index (χ4n) is 6.36. The second kappa shape index (κ2) is 17.4. The maximum absolute atomic E-state index is 14.0. The molecule has 1 aromatic rings. The van der Waals surface area contributed by atoms with Crippen LogP contribution in [0.15, 0.2) is 24.3 Å². The summed E-state index contributed by atoms with van der Waals surface area (Å²) in [7, 11) is 0. The van der Waals surface area contributed by atoms with Gasteiger partial charge in [-0.2, -0.15) is 0 Å². The number of hydrogen-bond donors (Lipinski definition) is 1. The molecule has 7 heteroatoms. The molecular weight excluding hydrogens is 500 g/mol. The molecule has 2 aliphatic rings. The van der Waals surface area contributed by atoms with Gasteiger partial charge in [0.25, 0.3) is 5.91 Å². The normalized spacial score (nSPS) is 16.6. The number of carbonyl (C=O) groups is 3. The highest BCUT2D eigenvalue weighted by molar-refractivity contribution is 5.97. The first-order valence-electron chi connectivity index (χ1n) is 16.2. The number of rotatable bonds is 15. The van der Waals surface area contributed by atoms with Crippen LogP contribution < -0.4 is 5.32 Å². The molecule has 3 amide bonds. The molecule has 2 aliphatic carbocycles. The summed E-state index contributed by atoms with van der Waals surface area (Å²) < 4.78 is 0. The van der Waals surface area contributed by atoms with Gasteiger partial charge in [-0.1, -0.05) is 72.1 Å². The monoisotopic (exact) mass is 554 g/mol. The van der Waals surface area contributed by atoms with E-state index in [9.17, 15) is 14.4 Å². The zero-order chi connectivity index (χ0) is 28.7. The molecule has 2 fully saturated rings. The highest BCUT2D eigenvalue weighted by Crippen LogP contribution is 2.30. The van der Waals surface area contributed by atoms with Gasteiger partial charge in [-0.05, 0) is 69.5 Å². The Morgan fingerprint density at radius 3 is 1.88 bits per heavy atom. The topological polar surface area (TPSA) is 73.0 Å². The number of carbonyl (C=O) groups excluding carboxylic acids is 3. The van der Waals surface area contributed by atoms with E-state index in [1.165, 1.54) is 38.5 Å². The van der Waals surface area contributed by atoms with Crippen LogP contribution in [0, 0.1) is 0 Å². The molecule has 2 saturated carbocycles. The average Bonchev–Trinajstić information content (AvgIpc) is 2.98. The van der Waals surface area contributed by atoms with Crippen molar-refractivity contribution in [1.82, 2.24) is 14.7 Å². The third-order valence-electron chi connectivity index (χ3n) is 8.84. The molecule has 3 rings (SSSR count). The van der Waals surface area contributed by atoms with Gasteiger partial charge in [0.2, 0.25) is 11.8 Å². The van der Waals surface area contributed by atoms with E-state index in [0.717, 1.165) is 64.6 Å².